The molecule has 0 aliphatic rings. The van der Waals surface area contributed by atoms with Crippen LogP contribution in [0.2, 0.25) is 0 Å². The van der Waals surface area contributed by atoms with Gasteiger partial charge in [-0.2, -0.15) is 13.2 Å². The largest absolute Gasteiger partial charge is 0.573 e. The maximum atomic E-state index is 12.7. The maximum absolute atomic E-state index is 12.7. The number of carbonyl (C=O) groups is 1. The van der Waals surface area contributed by atoms with E-state index in [1.165, 1.54) is 0 Å². The minimum absolute atomic E-state index is 0.393. The summed E-state index contributed by atoms with van der Waals surface area (Å²) in [6, 6.07) is 0. The van der Waals surface area contributed by atoms with Crippen molar-refractivity contribution in [3.05, 3.63) is 23.0 Å². The van der Waals surface area contributed by atoms with Crippen LogP contribution in [-0.2, 0) is 16.8 Å². The van der Waals surface area contributed by atoms with Crippen molar-refractivity contribution >= 4 is 17.6 Å². The van der Waals surface area contributed by atoms with E-state index in [1.54, 1.807) is 0 Å². The fraction of sp³-hybridized carbons (Fsp3) is 0.400. The van der Waals surface area contributed by atoms with Crippen LogP contribution in [0, 0.1) is 0 Å². The number of aromatic nitrogens is 1. The number of ether oxygens (including phenoxy) is 2. The zero-order valence-corrected chi connectivity index (χ0v) is 10.9. The van der Waals surface area contributed by atoms with E-state index in [-0.39, 0.29) is 0 Å². The monoisotopic (exact) mass is 337 g/mol. The molecule has 4 nitrogen and oxygen atoms in total. The molecule has 0 unspecified atom stereocenters. The van der Waals surface area contributed by atoms with Crippen LogP contribution in [0.1, 0.15) is 21.6 Å². The van der Waals surface area contributed by atoms with Gasteiger partial charge >= 0.3 is 18.5 Å². The summed E-state index contributed by atoms with van der Waals surface area (Å²) in [6.07, 6.45) is -10.2. The fourth-order valence-electron chi connectivity index (χ4n) is 1.37. The van der Waals surface area contributed by atoms with Crippen LogP contribution >= 0.6 is 11.6 Å². The predicted molar refractivity (Wildman–Crippen MR) is 56.8 cm³/mol. The Hall–Kier alpha value is -1.71. The summed E-state index contributed by atoms with van der Waals surface area (Å²) in [5, 5.41) is 0. The number of hydrogen-bond donors (Lipinski definition) is 0. The summed E-state index contributed by atoms with van der Waals surface area (Å²) in [5.41, 5.74) is -3.47. The van der Waals surface area contributed by atoms with Crippen LogP contribution in [0.15, 0.2) is 6.20 Å². The minimum Gasteiger partial charge on any atom is -0.465 e. The van der Waals surface area contributed by atoms with Gasteiger partial charge in [0.2, 0.25) is 0 Å². The third kappa shape index (κ3) is 4.13. The average Bonchev–Trinajstić information content (AvgIpc) is 2.33. The number of hydrogen-bond acceptors (Lipinski definition) is 4. The van der Waals surface area contributed by atoms with Gasteiger partial charge in [-0.25, -0.2) is 9.78 Å². The molecular formula is C10H6ClF6NO3. The van der Waals surface area contributed by atoms with Gasteiger partial charge in [-0.05, 0) is 0 Å². The Balaban J connectivity index is 3.66. The SMILES string of the molecule is COC(=O)c1c(CCl)cnc(C(F)(F)F)c1OC(F)(F)F. The zero-order valence-electron chi connectivity index (χ0n) is 10.1. The summed E-state index contributed by atoms with van der Waals surface area (Å²) in [5.74, 6) is -3.82. The van der Waals surface area contributed by atoms with Crippen molar-refractivity contribution in [1.29, 1.82) is 0 Å². The van der Waals surface area contributed by atoms with Crippen molar-refractivity contribution in [2.75, 3.05) is 7.11 Å². The maximum Gasteiger partial charge on any atom is 0.573 e. The van der Waals surface area contributed by atoms with Gasteiger partial charge < -0.3 is 9.47 Å². The van der Waals surface area contributed by atoms with Gasteiger partial charge in [0.25, 0.3) is 0 Å². The topological polar surface area (TPSA) is 48.4 Å². The van der Waals surface area contributed by atoms with E-state index in [4.69, 9.17) is 11.6 Å². The van der Waals surface area contributed by atoms with Gasteiger partial charge in [0.15, 0.2) is 11.4 Å². The molecule has 0 bridgehead atoms. The lowest BCUT2D eigenvalue weighted by Crippen LogP contribution is -2.24. The number of pyridine rings is 1. The summed E-state index contributed by atoms with van der Waals surface area (Å²) in [4.78, 5) is 14.3. The second-order valence-electron chi connectivity index (χ2n) is 3.51. The Kier molecular flexibility index (Phi) is 4.92. The van der Waals surface area contributed by atoms with E-state index >= 15 is 0 Å². The molecule has 0 aliphatic carbocycles. The quantitative estimate of drug-likeness (QED) is 0.481. The van der Waals surface area contributed by atoms with Crippen LogP contribution < -0.4 is 4.74 Å². The molecule has 1 aromatic heterocycles. The van der Waals surface area contributed by atoms with Gasteiger partial charge in [0, 0.05) is 17.6 Å². The highest BCUT2D eigenvalue weighted by Gasteiger charge is 2.44. The van der Waals surface area contributed by atoms with Crippen LogP contribution in [0.5, 0.6) is 5.75 Å². The average molecular weight is 338 g/mol. The van der Waals surface area contributed by atoms with Crippen molar-refractivity contribution in [1.82, 2.24) is 4.98 Å². The highest BCUT2D eigenvalue weighted by atomic mass is 35.5. The predicted octanol–water partition coefficient (Wildman–Crippen LogP) is 3.52. The molecule has 0 aromatic carbocycles. The lowest BCUT2D eigenvalue weighted by atomic mass is 10.1. The van der Waals surface area contributed by atoms with Crippen molar-refractivity contribution in [3.63, 3.8) is 0 Å². The van der Waals surface area contributed by atoms with E-state index in [0.29, 0.717) is 6.20 Å². The molecule has 1 rings (SSSR count). The van der Waals surface area contributed by atoms with Crippen LogP contribution in [-0.4, -0.2) is 24.4 Å². The molecule has 1 aromatic rings. The molecular weight excluding hydrogens is 332 g/mol. The number of esters is 1. The standard InChI is InChI=1S/C10H6ClF6NO3/c1-20-8(19)5-4(2-11)3-18-7(9(12,13)14)6(5)21-10(15,16)17/h3H,2H2,1H3. The Morgan fingerprint density at radius 2 is 1.86 bits per heavy atom. The third-order valence-corrected chi connectivity index (χ3v) is 2.42. The van der Waals surface area contributed by atoms with E-state index < -0.39 is 47.0 Å². The number of rotatable bonds is 3. The first-order chi connectivity index (χ1) is 9.51. The molecule has 0 atom stereocenters. The normalized spacial score (nSPS) is 12.2. The first kappa shape index (κ1) is 17.3. The lowest BCUT2D eigenvalue weighted by molar-refractivity contribution is -0.276. The molecule has 0 N–H and O–H groups in total. The smallest absolute Gasteiger partial charge is 0.465 e. The van der Waals surface area contributed by atoms with Crippen molar-refractivity contribution in [2.24, 2.45) is 0 Å². The van der Waals surface area contributed by atoms with Crippen LogP contribution in [0.3, 0.4) is 0 Å². The lowest BCUT2D eigenvalue weighted by Gasteiger charge is -2.18. The molecule has 0 saturated heterocycles. The van der Waals surface area contributed by atoms with Crippen molar-refractivity contribution in [2.45, 2.75) is 18.4 Å². The number of halogens is 7. The van der Waals surface area contributed by atoms with E-state index in [2.05, 4.69) is 14.5 Å². The van der Waals surface area contributed by atoms with Gasteiger partial charge in [-0.15, -0.1) is 24.8 Å². The van der Waals surface area contributed by atoms with Crippen LogP contribution in [0.4, 0.5) is 26.3 Å². The Bertz CT molecular complexity index is 543. The molecule has 0 spiro atoms. The Morgan fingerprint density at radius 1 is 1.29 bits per heavy atom. The summed E-state index contributed by atoms with van der Waals surface area (Å²) in [7, 11) is 0.783. The van der Waals surface area contributed by atoms with Crippen molar-refractivity contribution < 1.29 is 40.6 Å². The van der Waals surface area contributed by atoms with Gasteiger partial charge in [0.05, 0.1) is 7.11 Å². The van der Waals surface area contributed by atoms with Gasteiger partial charge in [-0.3, -0.25) is 0 Å². The molecule has 1 heterocycles. The van der Waals surface area contributed by atoms with E-state index in [0.717, 1.165) is 7.11 Å². The molecule has 0 fully saturated rings. The van der Waals surface area contributed by atoms with E-state index in [9.17, 15) is 31.1 Å². The number of carbonyl (C=O) groups excluding carboxylic acids is 1. The van der Waals surface area contributed by atoms with Gasteiger partial charge in [-0.1, -0.05) is 0 Å². The number of nitrogens with zero attached hydrogens (tertiary/aromatic N) is 1. The second-order valence-corrected chi connectivity index (χ2v) is 3.77. The first-order valence-electron chi connectivity index (χ1n) is 5.00. The molecule has 21 heavy (non-hydrogen) atoms. The molecule has 0 amide bonds. The van der Waals surface area contributed by atoms with Crippen LogP contribution in [0.25, 0.3) is 0 Å². The molecule has 0 saturated carbocycles. The fourth-order valence-corrected chi connectivity index (χ4v) is 1.58. The minimum atomic E-state index is -5.46. The molecule has 0 radical (unpaired) electrons. The first-order valence-corrected chi connectivity index (χ1v) is 5.53. The van der Waals surface area contributed by atoms with Crippen molar-refractivity contribution in [3.8, 4) is 5.75 Å². The van der Waals surface area contributed by atoms with E-state index in [1.807, 2.05) is 0 Å². The Morgan fingerprint density at radius 3 is 2.24 bits per heavy atom. The summed E-state index contributed by atoms with van der Waals surface area (Å²) < 4.78 is 82.5. The third-order valence-electron chi connectivity index (χ3n) is 2.13. The molecule has 0 aliphatic heterocycles. The second kappa shape index (κ2) is 5.96. The highest BCUT2D eigenvalue weighted by Crippen LogP contribution is 2.40. The number of alkyl halides is 7. The Labute approximate surface area is 118 Å². The molecule has 118 valence electrons. The van der Waals surface area contributed by atoms with Gasteiger partial charge in [0.1, 0.15) is 5.56 Å². The molecule has 11 heteroatoms. The zero-order chi connectivity index (χ0) is 16.4. The number of methoxy groups -OCH3 is 1. The highest BCUT2D eigenvalue weighted by molar-refractivity contribution is 6.17. The summed E-state index contributed by atoms with van der Waals surface area (Å²) in [6.45, 7) is 0. The summed E-state index contributed by atoms with van der Waals surface area (Å²) >= 11 is 5.38.